The van der Waals surface area contributed by atoms with Crippen LogP contribution in [0.2, 0.25) is 5.02 Å². The number of hydrazine groups is 1. The van der Waals surface area contributed by atoms with Crippen molar-refractivity contribution in [3.05, 3.63) is 59.8 Å². The highest BCUT2D eigenvalue weighted by atomic mass is 35.5. The van der Waals surface area contributed by atoms with Crippen molar-refractivity contribution in [3.8, 4) is 0 Å². The molecule has 1 atom stereocenters. The Bertz CT molecular complexity index is 1010. The van der Waals surface area contributed by atoms with E-state index in [1.54, 1.807) is 30.3 Å². The standard InChI is InChI=1S/C14H12ClN3O4S2/c15-11-9-16-12-7-4-8-13(14(11)12)18(17-23(19)20)24(21,22)10-5-2-1-3-6-10/h1-9,16-17H,(H,19,20)/p-1. The van der Waals surface area contributed by atoms with Crippen LogP contribution in [-0.2, 0) is 21.3 Å². The van der Waals surface area contributed by atoms with Gasteiger partial charge in [0.25, 0.3) is 10.0 Å². The Kier molecular flexibility index (Phi) is 4.61. The fourth-order valence-electron chi connectivity index (χ4n) is 2.29. The Balaban J connectivity index is 2.24. The van der Waals surface area contributed by atoms with E-state index in [4.69, 9.17) is 11.6 Å². The van der Waals surface area contributed by atoms with Gasteiger partial charge >= 0.3 is 0 Å². The maximum atomic E-state index is 12.9. The fourth-order valence-corrected chi connectivity index (χ4v) is 4.47. The van der Waals surface area contributed by atoms with Crippen LogP contribution < -0.4 is 9.25 Å². The molecule has 0 saturated heterocycles. The molecule has 0 aliphatic carbocycles. The van der Waals surface area contributed by atoms with Crippen molar-refractivity contribution in [3.63, 3.8) is 0 Å². The summed E-state index contributed by atoms with van der Waals surface area (Å²) in [7, 11) is -4.18. The minimum absolute atomic E-state index is 0.0633. The van der Waals surface area contributed by atoms with Crippen LogP contribution in [0.5, 0.6) is 0 Å². The summed E-state index contributed by atoms with van der Waals surface area (Å²) in [5.74, 6) is 0. The van der Waals surface area contributed by atoms with Crippen LogP contribution in [0.15, 0.2) is 59.6 Å². The molecule has 0 aliphatic heterocycles. The number of H-pyrrole nitrogens is 1. The van der Waals surface area contributed by atoms with Crippen molar-refractivity contribution in [2.75, 3.05) is 4.41 Å². The minimum atomic E-state index is -4.18. The number of nitrogens with zero attached hydrogens (tertiary/aromatic N) is 1. The van der Waals surface area contributed by atoms with Gasteiger partial charge in [-0.3, -0.25) is 4.21 Å². The fraction of sp³-hybridized carbons (Fsp3) is 0. The van der Waals surface area contributed by atoms with Gasteiger partial charge in [-0.1, -0.05) is 35.9 Å². The van der Waals surface area contributed by atoms with Crippen molar-refractivity contribution < 1.29 is 17.2 Å². The third kappa shape index (κ3) is 3.04. The smallest absolute Gasteiger partial charge is 0.278 e. The SMILES string of the molecule is O=S([O-])NN(c1cccc2[nH]cc(Cl)c12)S(=O)(=O)c1ccccc1. The molecular formula is C14H11ClN3O4S2-. The van der Waals surface area contributed by atoms with E-state index in [1.807, 2.05) is 4.83 Å². The summed E-state index contributed by atoms with van der Waals surface area (Å²) in [5, 5.41) is 0.656. The molecule has 0 radical (unpaired) electrons. The zero-order valence-corrected chi connectivity index (χ0v) is 14.4. The van der Waals surface area contributed by atoms with Gasteiger partial charge < -0.3 is 9.54 Å². The molecule has 3 aromatic rings. The Labute approximate surface area is 145 Å². The number of aromatic nitrogens is 1. The van der Waals surface area contributed by atoms with Gasteiger partial charge in [0.05, 0.1) is 15.6 Å². The summed E-state index contributed by atoms with van der Waals surface area (Å²) in [4.78, 5) is 4.76. The lowest BCUT2D eigenvalue weighted by atomic mass is 10.2. The van der Waals surface area contributed by atoms with Crippen molar-refractivity contribution >= 4 is 49.5 Å². The molecule has 1 heterocycles. The zero-order chi connectivity index (χ0) is 17.3. The Morgan fingerprint density at radius 3 is 2.50 bits per heavy atom. The number of sulfonamides is 1. The van der Waals surface area contributed by atoms with Crippen LogP contribution >= 0.6 is 11.6 Å². The average molecular weight is 385 g/mol. The first kappa shape index (κ1) is 16.9. The van der Waals surface area contributed by atoms with E-state index in [-0.39, 0.29) is 15.6 Å². The van der Waals surface area contributed by atoms with Gasteiger partial charge in [-0.2, -0.15) is 12.8 Å². The molecule has 0 fully saturated rings. The van der Waals surface area contributed by atoms with E-state index in [9.17, 15) is 17.2 Å². The van der Waals surface area contributed by atoms with Crippen LogP contribution in [0.3, 0.4) is 0 Å². The number of hydrogen-bond donors (Lipinski definition) is 2. The highest BCUT2D eigenvalue weighted by molar-refractivity contribution is 7.93. The first-order chi connectivity index (χ1) is 11.4. The Morgan fingerprint density at radius 2 is 1.83 bits per heavy atom. The van der Waals surface area contributed by atoms with Crippen molar-refractivity contribution in [1.29, 1.82) is 0 Å². The van der Waals surface area contributed by atoms with Gasteiger partial charge in [-0.25, -0.2) is 0 Å². The second-order valence-electron chi connectivity index (χ2n) is 4.74. The second-order valence-corrected chi connectivity index (χ2v) is 7.59. The number of aromatic amines is 1. The molecule has 0 spiro atoms. The lowest BCUT2D eigenvalue weighted by molar-refractivity contribution is 0.521. The van der Waals surface area contributed by atoms with Crippen LogP contribution in [0, 0.1) is 0 Å². The number of halogens is 1. The number of rotatable bonds is 5. The lowest BCUT2D eigenvalue weighted by Gasteiger charge is -2.26. The average Bonchev–Trinajstić information content (AvgIpc) is 2.95. The van der Waals surface area contributed by atoms with Gasteiger partial charge in [-0.15, -0.1) is 4.83 Å². The maximum Gasteiger partial charge on any atom is 0.278 e. The molecule has 2 aromatic carbocycles. The molecule has 24 heavy (non-hydrogen) atoms. The summed E-state index contributed by atoms with van der Waals surface area (Å²) in [6.45, 7) is 0. The van der Waals surface area contributed by atoms with Crippen LogP contribution in [0.25, 0.3) is 10.9 Å². The Morgan fingerprint density at radius 1 is 1.12 bits per heavy atom. The third-order valence-electron chi connectivity index (χ3n) is 3.29. The third-order valence-corrected chi connectivity index (χ3v) is 5.68. The maximum absolute atomic E-state index is 12.9. The first-order valence-electron chi connectivity index (χ1n) is 6.63. The molecule has 1 unspecified atom stereocenters. The van der Waals surface area contributed by atoms with Crippen LogP contribution in [-0.4, -0.2) is 22.2 Å². The topological polar surface area (TPSA) is 105 Å². The van der Waals surface area contributed by atoms with E-state index in [2.05, 4.69) is 4.98 Å². The molecule has 0 aliphatic rings. The van der Waals surface area contributed by atoms with Crippen LogP contribution in [0.1, 0.15) is 0 Å². The summed E-state index contributed by atoms with van der Waals surface area (Å²) in [6, 6.07) is 12.2. The second kappa shape index (κ2) is 6.54. The highest BCUT2D eigenvalue weighted by Crippen LogP contribution is 2.34. The van der Waals surface area contributed by atoms with E-state index in [0.717, 1.165) is 0 Å². The van der Waals surface area contributed by atoms with Crippen LogP contribution in [0.4, 0.5) is 5.69 Å². The minimum Gasteiger partial charge on any atom is -0.759 e. The molecule has 3 rings (SSSR count). The number of fused-ring (bicyclic) bond motifs is 1. The summed E-state index contributed by atoms with van der Waals surface area (Å²) in [5.41, 5.74) is 0.663. The quantitative estimate of drug-likeness (QED) is 0.520. The summed E-state index contributed by atoms with van der Waals surface area (Å²) >= 11 is 3.26. The van der Waals surface area contributed by atoms with Crippen molar-refractivity contribution in [1.82, 2.24) is 9.82 Å². The van der Waals surface area contributed by atoms with E-state index >= 15 is 0 Å². The van der Waals surface area contributed by atoms with Gasteiger partial charge in [0, 0.05) is 28.4 Å². The first-order valence-corrected chi connectivity index (χ1v) is 9.52. The van der Waals surface area contributed by atoms with E-state index in [1.165, 1.54) is 24.4 Å². The molecule has 1 aromatic heterocycles. The molecule has 2 N–H and O–H groups in total. The van der Waals surface area contributed by atoms with E-state index in [0.29, 0.717) is 15.3 Å². The van der Waals surface area contributed by atoms with Gasteiger partial charge in [0.2, 0.25) is 0 Å². The normalized spacial score (nSPS) is 13.1. The monoisotopic (exact) mass is 384 g/mol. The molecule has 0 amide bonds. The zero-order valence-electron chi connectivity index (χ0n) is 12.0. The molecule has 0 saturated carbocycles. The number of benzene rings is 2. The van der Waals surface area contributed by atoms with Gasteiger partial charge in [0.1, 0.15) is 0 Å². The molecule has 7 nitrogen and oxygen atoms in total. The van der Waals surface area contributed by atoms with Crippen molar-refractivity contribution in [2.24, 2.45) is 0 Å². The molecular weight excluding hydrogens is 374 g/mol. The number of nitrogens with one attached hydrogen (secondary N) is 2. The van der Waals surface area contributed by atoms with E-state index < -0.39 is 21.3 Å². The highest BCUT2D eigenvalue weighted by Gasteiger charge is 2.27. The number of hydrogen-bond acceptors (Lipinski definition) is 4. The van der Waals surface area contributed by atoms with Crippen molar-refractivity contribution in [2.45, 2.75) is 4.90 Å². The summed E-state index contributed by atoms with van der Waals surface area (Å²) in [6.07, 6.45) is 1.50. The predicted molar refractivity (Wildman–Crippen MR) is 91.5 cm³/mol. The molecule has 126 valence electrons. The molecule has 0 bridgehead atoms. The number of anilines is 1. The summed E-state index contributed by atoms with van der Waals surface area (Å²) < 4.78 is 48.7. The Hall–Kier alpha value is -1.91. The predicted octanol–water partition coefficient (Wildman–Crippen LogP) is 2.32. The van der Waals surface area contributed by atoms with Gasteiger partial charge in [0.15, 0.2) is 0 Å². The lowest BCUT2D eigenvalue weighted by Crippen LogP contribution is -2.44. The van der Waals surface area contributed by atoms with Gasteiger partial charge in [-0.05, 0) is 24.3 Å². The largest absolute Gasteiger partial charge is 0.759 e. The molecule has 10 heteroatoms.